The van der Waals surface area contributed by atoms with E-state index in [2.05, 4.69) is 0 Å². The number of hydrogen-bond donors (Lipinski definition) is 1. The monoisotopic (exact) mass is 504 g/mol. The molecule has 0 spiro atoms. The smallest absolute Gasteiger partial charge is 0.364 e. The summed E-state index contributed by atoms with van der Waals surface area (Å²) < 4.78 is 20.9. The van der Waals surface area contributed by atoms with E-state index in [1.54, 1.807) is 37.3 Å². The second-order valence-electron chi connectivity index (χ2n) is 6.68. The van der Waals surface area contributed by atoms with Crippen molar-refractivity contribution in [3.8, 4) is 5.75 Å². The molecule has 0 fully saturated rings. The van der Waals surface area contributed by atoms with Crippen LogP contribution in [0.25, 0.3) is 0 Å². The van der Waals surface area contributed by atoms with Crippen molar-refractivity contribution in [3.05, 3.63) is 62.6 Å². The third kappa shape index (κ3) is 7.33. The number of hydrogen-bond acceptors (Lipinski definition) is 6. The number of halogens is 3. The van der Waals surface area contributed by atoms with Crippen LogP contribution in [0.3, 0.4) is 0 Å². The molecule has 0 aliphatic heterocycles. The van der Waals surface area contributed by atoms with Gasteiger partial charge >= 0.3 is 11.9 Å². The van der Waals surface area contributed by atoms with Crippen LogP contribution in [0.5, 0.6) is 5.75 Å². The predicted octanol–water partition coefficient (Wildman–Crippen LogP) is 5.01. The number of carbonyl (C=O) groups excluding carboxylic acids is 1. The number of carboxylic acid groups (broad SMARTS) is 1. The fraction of sp³-hybridized carbons (Fsp3) is 0.364. The number of benzene rings is 2. The Balaban J connectivity index is 2.13. The van der Waals surface area contributed by atoms with Gasteiger partial charge in [-0.25, -0.2) is 9.59 Å². The summed E-state index contributed by atoms with van der Waals surface area (Å²) in [6.07, 6.45) is 0.321. The maximum Gasteiger partial charge on any atom is 0.364 e. The summed E-state index contributed by atoms with van der Waals surface area (Å²) in [6.45, 7) is 1.06. The van der Waals surface area contributed by atoms with Crippen molar-refractivity contribution in [2.45, 2.75) is 25.6 Å². The first kappa shape index (κ1) is 26.4. The summed E-state index contributed by atoms with van der Waals surface area (Å²) in [5.41, 5.74) is 1.41. The third-order valence-corrected chi connectivity index (χ3v) is 5.31. The summed E-state index contributed by atoms with van der Waals surface area (Å²) in [4.78, 5) is 24.1. The number of carbonyl (C=O) groups is 2. The zero-order chi connectivity index (χ0) is 23.7. The SMILES string of the molecule is CC[C@](OCCOC)(OCC(=O)Oc1cc(Cl)ccc1Cc1ccc(Cl)cc1Cl)C(=O)O. The topological polar surface area (TPSA) is 91.3 Å². The molecule has 1 atom stereocenters. The first-order valence-electron chi connectivity index (χ1n) is 9.64. The van der Waals surface area contributed by atoms with E-state index in [0.29, 0.717) is 27.1 Å². The Bertz CT molecular complexity index is 951. The standard InChI is InChI=1S/C22H23Cl3O7/c1-3-22(21(27)28,30-9-8-29-2)31-13-20(26)32-19-12-17(24)7-5-15(19)10-14-4-6-16(23)11-18(14)25/h4-7,11-12H,3,8-10,13H2,1-2H3,(H,27,28)/t22-/m0/s1. The molecule has 32 heavy (non-hydrogen) atoms. The normalized spacial score (nSPS) is 12.9. The summed E-state index contributed by atoms with van der Waals surface area (Å²) in [5.74, 6) is -3.96. The third-order valence-electron chi connectivity index (χ3n) is 4.49. The average Bonchev–Trinajstić information content (AvgIpc) is 2.74. The maximum absolute atomic E-state index is 12.4. The van der Waals surface area contributed by atoms with Crippen LogP contribution in [0.4, 0.5) is 0 Å². The molecule has 2 aromatic carbocycles. The van der Waals surface area contributed by atoms with Gasteiger partial charge < -0.3 is 24.1 Å². The number of aliphatic carboxylic acids is 1. The molecule has 174 valence electrons. The van der Waals surface area contributed by atoms with Crippen molar-refractivity contribution in [2.24, 2.45) is 0 Å². The van der Waals surface area contributed by atoms with Gasteiger partial charge in [-0.1, -0.05) is 53.9 Å². The molecule has 2 aromatic rings. The molecule has 0 radical (unpaired) electrons. The molecule has 0 amide bonds. The second kappa shape index (κ2) is 12.4. The fourth-order valence-corrected chi connectivity index (χ4v) is 3.42. The zero-order valence-corrected chi connectivity index (χ0v) is 19.8. The number of methoxy groups -OCH3 is 1. The maximum atomic E-state index is 12.4. The fourth-order valence-electron chi connectivity index (χ4n) is 2.78. The number of ether oxygens (including phenoxy) is 4. The highest BCUT2D eigenvalue weighted by atomic mass is 35.5. The van der Waals surface area contributed by atoms with Crippen LogP contribution in [-0.4, -0.2) is 49.8 Å². The summed E-state index contributed by atoms with van der Waals surface area (Å²) in [5, 5.41) is 10.9. The van der Waals surface area contributed by atoms with Crippen molar-refractivity contribution in [1.82, 2.24) is 0 Å². The van der Waals surface area contributed by atoms with Crippen molar-refractivity contribution >= 4 is 46.7 Å². The average molecular weight is 506 g/mol. The van der Waals surface area contributed by atoms with Gasteiger partial charge in [0.05, 0.1) is 13.2 Å². The van der Waals surface area contributed by atoms with Crippen LogP contribution in [-0.2, 0) is 30.2 Å². The number of carboxylic acids is 1. The lowest BCUT2D eigenvalue weighted by Crippen LogP contribution is -2.46. The first-order chi connectivity index (χ1) is 15.2. The molecule has 0 saturated carbocycles. The molecule has 1 N–H and O–H groups in total. The van der Waals surface area contributed by atoms with E-state index in [1.807, 2.05) is 0 Å². The van der Waals surface area contributed by atoms with Crippen LogP contribution < -0.4 is 4.74 Å². The Hall–Kier alpha value is -1.87. The lowest BCUT2D eigenvalue weighted by Gasteiger charge is -2.27. The lowest BCUT2D eigenvalue weighted by atomic mass is 10.0. The molecule has 0 unspecified atom stereocenters. The highest BCUT2D eigenvalue weighted by Gasteiger charge is 2.40. The first-order valence-corrected chi connectivity index (χ1v) is 10.8. The van der Waals surface area contributed by atoms with Gasteiger partial charge in [-0.2, -0.15) is 0 Å². The lowest BCUT2D eigenvalue weighted by molar-refractivity contribution is -0.248. The van der Waals surface area contributed by atoms with E-state index in [9.17, 15) is 14.7 Å². The van der Waals surface area contributed by atoms with E-state index >= 15 is 0 Å². The van der Waals surface area contributed by atoms with Crippen LogP contribution in [0.1, 0.15) is 24.5 Å². The van der Waals surface area contributed by atoms with Crippen molar-refractivity contribution in [1.29, 1.82) is 0 Å². The minimum Gasteiger partial charge on any atom is -0.477 e. The Kier molecular flexibility index (Phi) is 10.2. The largest absolute Gasteiger partial charge is 0.477 e. The number of esters is 1. The van der Waals surface area contributed by atoms with Gasteiger partial charge in [0.1, 0.15) is 12.4 Å². The molecule has 10 heteroatoms. The minimum atomic E-state index is -1.99. The highest BCUT2D eigenvalue weighted by molar-refractivity contribution is 6.35. The Labute approximate surface area is 201 Å². The molecular formula is C22H23Cl3O7. The van der Waals surface area contributed by atoms with Gasteiger partial charge in [0.25, 0.3) is 5.79 Å². The molecule has 7 nitrogen and oxygen atoms in total. The molecule has 0 aliphatic rings. The Morgan fingerprint density at radius 3 is 2.22 bits per heavy atom. The molecule has 0 aliphatic carbocycles. The van der Waals surface area contributed by atoms with E-state index in [1.165, 1.54) is 13.2 Å². The molecule has 2 rings (SSSR count). The molecular weight excluding hydrogens is 483 g/mol. The van der Waals surface area contributed by atoms with E-state index in [4.69, 9.17) is 53.8 Å². The Morgan fingerprint density at radius 1 is 0.969 bits per heavy atom. The quantitative estimate of drug-likeness (QED) is 0.188. The second-order valence-corrected chi connectivity index (χ2v) is 7.96. The van der Waals surface area contributed by atoms with Crippen LogP contribution >= 0.6 is 34.8 Å². The molecule has 0 saturated heterocycles. The van der Waals surface area contributed by atoms with Crippen molar-refractivity contribution in [3.63, 3.8) is 0 Å². The van der Waals surface area contributed by atoms with E-state index in [-0.39, 0.29) is 25.4 Å². The van der Waals surface area contributed by atoms with Crippen LogP contribution in [0, 0.1) is 0 Å². The van der Waals surface area contributed by atoms with Crippen LogP contribution in [0.15, 0.2) is 36.4 Å². The van der Waals surface area contributed by atoms with E-state index < -0.39 is 24.3 Å². The summed E-state index contributed by atoms with van der Waals surface area (Å²) >= 11 is 18.3. The minimum absolute atomic E-state index is 0.0218. The highest BCUT2D eigenvalue weighted by Crippen LogP contribution is 2.30. The van der Waals surface area contributed by atoms with Gasteiger partial charge in [-0.05, 0) is 35.4 Å². The van der Waals surface area contributed by atoms with Gasteiger partial charge in [0, 0.05) is 35.0 Å². The van der Waals surface area contributed by atoms with Gasteiger partial charge in [-0.3, -0.25) is 0 Å². The number of rotatable bonds is 12. The van der Waals surface area contributed by atoms with E-state index in [0.717, 1.165) is 5.56 Å². The summed E-state index contributed by atoms with van der Waals surface area (Å²) in [6, 6.07) is 9.94. The van der Waals surface area contributed by atoms with Crippen molar-refractivity contribution < 1.29 is 33.6 Å². The van der Waals surface area contributed by atoms with Crippen molar-refractivity contribution in [2.75, 3.05) is 26.9 Å². The predicted molar refractivity (Wildman–Crippen MR) is 121 cm³/mol. The molecule has 0 bridgehead atoms. The summed E-state index contributed by atoms with van der Waals surface area (Å²) in [7, 11) is 1.45. The molecule has 0 aromatic heterocycles. The molecule has 0 heterocycles. The van der Waals surface area contributed by atoms with Gasteiger partial charge in [0.15, 0.2) is 0 Å². The van der Waals surface area contributed by atoms with Gasteiger partial charge in [-0.15, -0.1) is 0 Å². The zero-order valence-electron chi connectivity index (χ0n) is 17.5. The Morgan fingerprint density at radius 2 is 1.62 bits per heavy atom. The van der Waals surface area contributed by atoms with Gasteiger partial charge in [0.2, 0.25) is 0 Å². The van der Waals surface area contributed by atoms with Crippen LogP contribution in [0.2, 0.25) is 15.1 Å².